The Hall–Kier alpha value is -0.680. The SMILES string of the molecule is CC1CCCCN1c1ncc(C(N)=S)s1. The monoisotopic (exact) mass is 241 g/mol. The molecule has 2 rings (SSSR count). The summed E-state index contributed by atoms with van der Waals surface area (Å²) in [5, 5.41) is 1.06. The van der Waals surface area contributed by atoms with Crippen LogP contribution in [0.5, 0.6) is 0 Å². The van der Waals surface area contributed by atoms with Crippen LogP contribution in [-0.2, 0) is 0 Å². The maximum absolute atomic E-state index is 5.57. The fourth-order valence-electron chi connectivity index (χ4n) is 1.89. The van der Waals surface area contributed by atoms with Crippen LogP contribution in [0.25, 0.3) is 0 Å². The van der Waals surface area contributed by atoms with Gasteiger partial charge in [-0.2, -0.15) is 0 Å². The first-order valence-corrected chi connectivity index (χ1v) is 6.43. The molecule has 1 unspecified atom stereocenters. The summed E-state index contributed by atoms with van der Waals surface area (Å²) in [6, 6.07) is 0.587. The van der Waals surface area contributed by atoms with Crippen molar-refractivity contribution in [3.05, 3.63) is 11.1 Å². The number of thiocarbonyl (C=S) groups is 1. The third kappa shape index (κ3) is 2.29. The number of aromatic nitrogens is 1. The van der Waals surface area contributed by atoms with E-state index in [2.05, 4.69) is 16.8 Å². The number of thiazole rings is 1. The first kappa shape index (κ1) is 10.8. The van der Waals surface area contributed by atoms with E-state index in [4.69, 9.17) is 18.0 Å². The van der Waals surface area contributed by atoms with E-state index in [1.165, 1.54) is 19.3 Å². The van der Waals surface area contributed by atoms with Gasteiger partial charge in [0.15, 0.2) is 5.13 Å². The van der Waals surface area contributed by atoms with Crippen molar-refractivity contribution in [2.45, 2.75) is 32.2 Å². The standard InChI is InChI=1S/C10H15N3S2/c1-7-4-2-3-5-13(7)10-12-6-8(15-10)9(11)14/h6-7H,2-5H2,1H3,(H2,11,14). The zero-order chi connectivity index (χ0) is 10.8. The van der Waals surface area contributed by atoms with Crippen LogP contribution < -0.4 is 10.6 Å². The van der Waals surface area contributed by atoms with Crippen molar-refractivity contribution in [3.63, 3.8) is 0 Å². The van der Waals surface area contributed by atoms with Gasteiger partial charge in [0.2, 0.25) is 0 Å². The molecule has 0 bridgehead atoms. The van der Waals surface area contributed by atoms with Crippen molar-refractivity contribution in [2.75, 3.05) is 11.4 Å². The summed E-state index contributed by atoms with van der Waals surface area (Å²) in [7, 11) is 0. The number of anilines is 1. The normalized spacial score (nSPS) is 21.7. The van der Waals surface area contributed by atoms with Crippen molar-refractivity contribution in [3.8, 4) is 0 Å². The predicted octanol–water partition coefficient (Wildman–Crippen LogP) is 2.16. The Labute approximate surface area is 99.3 Å². The minimum atomic E-state index is 0.448. The lowest BCUT2D eigenvalue weighted by Crippen LogP contribution is -2.37. The summed E-state index contributed by atoms with van der Waals surface area (Å²) in [6.45, 7) is 3.35. The molecule has 82 valence electrons. The smallest absolute Gasteiger partial charge is 0.186 e. The van der Waals surface area contributed by atoms with E-state index in [9.17, 15) is 0 Å². The molecule has 0 aliphatic carbocycles. The van der Waals surface area contributed by atoms with E-state index in [0.717, 1.165) is 16.6 Å². The highest BCUT2D eigenvalue weighted by molar-refractivity contribution is 7.81. The molecule has 1 aromatic rings. The second-order valence-electron chi connectivity index (χ2n) is 3.91. The molecule has 0 amide bonds. The first-order chi connectivity index (χ1) is 7.18. The molecule has 2 N–H and O–H groups in total. The molecule has 1 aromatic heterocycles. The Morgan fingerprint density at radius 1 is 1.67 bits per heavy atom. The van der Waals surface area contributed by atoms with Crippen LogP contribution in [0.15, 0.2) is 6.20 Å². The molecule has 3 nitrogen and oxygen atoms in total. The first-order valence-electron chi connectivity index (χ1n) is 5.21. The van der Waals surface area contributed by atoms with Crippen molar-refractivity contribution < 1.29 is 0 Å². The molecule has 1 aliphatic heterocycles. The lowest BCUT2D eigenvalue weighted by Gasteiger charge is -2.32. The number of piperidine rings is 1. The van der Waals surface area contributed by atoms with Gasteiger partial charge in [-0.1, -0.05) is 23.6 Å². The molecule has 1 saturated heterocycles. The van der Waals surface area contributed by atoms with Crippen LogP contribution in [-0.4, -0.2) is 22.6 Å². The maximum Gasteiger partial charge on any atom is 0.186 e. The van der Waals surface area contributed by atoms with E-state index < -0.39 is 0 Å². The summed E-state index contributed by atoms with van der Waals surface area (Å²) in [4.78, 5) is 8.11. The van der Waals surface area contributed by atoms with E-state index in [1.54, 1.807) is 17.5 Å². The van der Waals surface area contributed by atoms with Crippen LogP contribution in [0.3, 0.4) is 0 Å². The molecular weight excluding hydrogens is 226 g/mol. The highest BCUT2D eigenvalue weighted by Gasteiger charge is 2.21. The van der Waals surface area contributed by atoms with Crippen molar-refractivity contribution >= 4 is 33.7 Å². The molecular formula is C10H15N3S2. The number of nitrogens with zero attached hydrogens (tertiary/aromatic N) is 2. The van der Waals surface area contributed by atoms with Gasteiger partial charge < -0.3 is 10.6 Å². The van der Waals surface area contributed by atoms with Crippen molar-refractivity contribution in [2.24, 2.45) is 5.73 Å². The molecule has 0 aromatic carbocycles. The fraction of sp³-hybridized carbons (Fsp3) is 0.600. The van der Waals surface area contributed by atoms with Gasteiger partial charge in [0, 0.05) is 12.6 Å². The lowest BCUT2D eigenvalue weighted by molar-refractivity contribution is 0.484. The maximum atomic E-state index is 5.57. The van der Waals surface area contributed by atoms with Crippen LogP contribution in [0.2, 0.25) is 0 Å². The predicted molar refractivity (Wildman–Crippen MR) is 68.7 cm³/mol. The van der Waals surface area contributed by atoms with Gasteiger partial charge in [0.05, 0.1) is 11.1 Å². The van der Waals surface area contributed by atoms with Gasteiger partial charge in [-0.15, -0.1) is 0 Å². The second kappa shape index (κ2) is 4.45. The summed E-state index contributed by atoms with van der Waals surface area (Å²) in [6.07, 6.45) is 5.61. The number of rotatable bonds is 2. The molecule has 0 saturated carbocycles. The van der Waals surface area contributed by atoms with Gasteiger partial charge in [-0.25, -0.2) is 4.98 Å². The Morgan fingerprint density at radius 2 is 2.47 bits per heavy atom. The molecule has 5 heteroatoms. The molecule has 2 heterocycles. The largest absolute Gasteiger partial charge is 0.389 e. The van der Waals surface area contributed by atoms with Crippen LogP contribution in [0, 0.1) is 0 Å². The quantitative estimate of drug-likeness (QED) is 0.806. The van der Waals surface area contributed by atoms with Crippen LogP contribution in [0.4, 0.5) is 5.13 Å². The Balaban J connectivity index is 2.17. The minimum absolute atomic E-state index is 0.448. The van der Waals surface area contributed by atoms with E-state index >= 15 is 0 Å². The Morgan fingerprint density at radius 3 is 3.07 bits per heavy atom. The number of nitrogens with two attached hydrogens (primary N) is 1. The second-order valence-corrected chi connectivity index (χ2v) is 5.36. The summed E-state index contributed by atoms with van der Waals surface area (Å²) in [5.41, 5.74) is 5.57. The van der Waals surface area contributed by atoms with Gasteiger partial charge in [-0.3, -0.25) is 0 Å². The van der Waals surface area contributed by atoms with Gasteiger partial charge >= 0.3 is 0 Å². The third-order valence-corrected chi connectivity index (χ3v) is 4.20. The van der Waals surface area contributed by atoms with E-state index in [0.29, 0.717) is 11.0 Å². The highest BCUT2D eigenvalue weighted by Crippen LogP contribution is 2.28. The number of hydrogen-bond acceptors (Lipinski definition) is 4. The molecule has 1 atom stereocenters. The van der Waals surface area contributed by atoms with Gasteiger partial charge in [0.25, 0.3) is 0 Å². The molecule has 0 radical (unpaired) electrons. The fourth-order valence-corrected chi connectivity index (χ4v) is 2.97. The molecule has 0 spiro atoms. The summed E-state index contributed by atoms with van der Waals surface area (Å²) in [5.74, 6) is 0. The summed E-state index contributed by atoms with van der Waals surface area (Å²) >= 11 is 6.54. The van der Waals surface area contributed by atoms with E-state index in [1.807, 2.05) is 0 Å². The average molecular weight is 241 g/mol. The molecule has 15 heavy (non-hydrogen) atoms. The van der Waals surface area contributed by atoms with E-state index in [-0.39, 0.29) is 0 Å². The topological polar surface area (TPSA) is 42.2 Å². The van der Waals surface area contributed by atoms with Crippen molar-refractivity contribution in [1.29, 1.82) is 0 Å². The van der Waals surface area contributed by atoms with Gasteiger partial charge in [-0.05, 0) is 26.2 Å². The molecule has 1 fully saturated rings. The zero-order valence-electron chi connectivity index (χ0n) is 8.77. The van der Waals surface area contributed by atoms with Crippen LogP contribution in [0.1, 0.15) is 31.1 Å². The molecule has 1 aliphatic rings. The minimum Gasteiger partial charge on any atom is -0.389 e. The average Bonchev–Trinajstić information content (AvgIpc) is 2.67. The highest BCUT2D eigenvalue weighted by atomic mass is 32.1. The van der Waals surface area contributed by atoms with Gasteiger partial charge in [0.1, 0.15) is 4.99 Å². The van der Waals surface area contributed by atoms with Crippen LogP contribution >= 0.6 is 23.6 Å². The lowest BCUT2D eigenvalue weighted by atomic mass is 10.1. The zero-order valence-corrected chi connectivity index (χ0v) is 10.4. The number of hydrogen-bond donors (Lipinski definition) is 1. The van der Waals surface area contributed by atoms with Crippen molar-refractivity contribution in [1.82, 2.24) is 4.98 Å². The Kier molecular flexibility index (Phi) is 3.21. The summed E-state index contributed by atoms with van der Waals surface area (Å²) < 4.78 is 0. The third-order valence-electron chi connectivity index (χ3n) is 2.79. The Bertz CT molecular complexity index is 361.